The molecule has 9 aromatic carbocycles. The van der Waals surface area contributed by atoms with Crippen molar-refractivity contribution in [3.05, 3.63) is 222 Å². The first kappa shape index (κ1) is 36.8. The molecular weight excluding hydrogens is 767 g/mol. The summed E-state index contributed by atoms with van der Waals surface area (Å²) in [5, 5.41) is 2.65. The van der Waals surface area contributed by atoms with E-state index < -0.39 is 0 Å². The van der Waals surface area contributed by atoms with Gasteiger partial charge in [-0.1, -0.05) is 185 Å². The molecule has 0 atom stereocenters. The van der Waals surface area contributed by atoms with Crippen molar-refractivity contribution in [3.63, 3.8) is 0 Å². The lowest BCUT2D eigenvalue weighted by Gasteiger charge is -2.32. The smallest absolute Gasteiger partial charge is 0.0540 e. The van der Waals surface area contributed by atoms with Gasteiger partial charge in [0.15, 0.2) is 0 Å². The van der Waals surface area contributed by atoms with Crippen molar-refractivity contribution in [2.75, 3.05) is 4.90 Å². The molecule has 0 fully saturated rings. The van der Waals surface area contributed by atoms with Gasteiger partial charge in [-0.05, 0) is 109 Å². The van der Waals surface area contributed by atoms with E-state index in [0.717, 1.165) is 17.1 Å². The zero-order valence-electron chi connectivity index (χ0n) is 35.4. The summed E-state index contributed by atoms with van der Waals surface area (Å²) >= 11 is 1.87. The Morgan fingerprint density at radius 3 is 1.61 bits per heavy atom. The molecule has 1 heterocycles. The minimum absolute atomic E-state index is 0.103. The summed E-state index contributed by atoms with van der Waals surface area (Å²) in [7, 11) is 0. The monoisotopic (exact) mass is 811 g/mol. The van der Waals surface area contributed by atoms with Gasteiger partial charge >= 0.3 is 0 Å². The summed E-state index contributed by atoms with van der Waals surface area (Å²) in [5.41, 5.74) is 21.4. The third-order valence-corrected chi connectivity index (χ3v) is 15.0. The van der Waals surface area contributed by atoms with Crippen molar-refractivity contribution >= 4 is 48.6 Å². The molecule has 2 aliphatic rings. The van der Waals surface area contributed by atoms with Crippen molar-refractivity contribution in [2.45, 2.75) is 38.5 Å². The zero-order chi connectivity index (χ0) is 41.7. The van der Waals surface area contributed by atoms with Crippen LogP contribution in [-0.2, 0) is 10.8 Å². The number of benzene rings is 9. The molecule has 0 unspecified atom stereocenters. The predicted molar refractivity (Wildman–Crippen MR) is 265 cm³/mol. The van der Waals surface area contributed by atoms with Gasteiger partial charge in [0.25, 0.3) is 0 Å². The van der Waals surface area contributed by atoms with Gasteiger partial charge in [0.05, 0.1) is 11.4 Å². The van der Waals surface area contributed by atoms with E-state index in [1.807, 2.05) is 11.3 Å². The van der Waals surface area contributed by atoms with E-state index in [4.69, 9.17) is 0 Å². The molecule has 296 valence electrons. The fourth-order valence-corrected chi connectivity index (χ4v) is 12.1. The van der Waals surface area contributed by atoms with Gasteiger partial charge < -0.3 is 4.90 Å². The van der Waals surface area contributed by atoms with Gasteiger partial charge in [-0.3, -0.25) is 0 Å². The molecule has 0 amide bonds. The molecule has 2 heteroatoms. The Bertz CT molecular complexity index is 3420. The summed E-state index contributed by atoms with van der Waals surface area (Å²) in [6.45, 7) is 9.52. The maximum atomic E-state index is 2.51. The third kappa shape index (κ3) is 5.39. The fourth-order valence-electron chi connectivity index (χ4n) is 11.0. The molecule has 0 spiro atoms. The van der Waals surface area contributed by atoms with Crippen LogP contribution in [0.3, 0.4) is 0 Å². The molecule has 10 aromatic rings. The lowest BCUT2D eigenvalue weighted by Crippen LogP contribution is -2.17. The number of hydrogen-bond acceptors (Lipinski definition) is 2. The second-order valence-electron chi connectivity index (χ2n) is 18.0. The van der Waals surface area contributed by atoms with Gasteiger partial charge in [-0.2, -0.15) is 0 Å². The van der Waals surface area contributed by atoms with Crippen molar-refractivity contribution in [3.8, 4) is 55.6 Å². The summed E-state index contributed by atoms with van der Waals surface area (Å²) < 4.78 is 2.64. The SMILES string of the molecule is CC1(C)c2ccccc2-c2ccc(-c3ccccc3N(c3ccc(-c4cccc5sc6ccccc6c45)cc3)c3ccccc3-c3cccc4c3C(C)(C)c3ccccc3-4)cc21. The maximum absolute atomic E-state index is 2.51. The van der Waals surface area contributed by atoms with Crippen LogP contribution in [0, 0.1) is 0 Å². The fraction of sp³-hybridized carbons (Fsp3) is 0.100. The predicted octanol–water partition coefficient (Wildman–Crippen LogP) is 17.1. The van der Waals surface area contributed by atoms with Crippen molar-refractivity contribution in [1.29, 1.82) is 0 Å². The first-order valence-corrected chi connectivity index (χ1v) is 22.6. The highest BCUT2D eigenvalue weighted by atomic mass is 32.1. The van der Waals surface area contributed by atoms with E-state index in [1.165, 1.54) is 98.1 Å². The third-order valence-electron chi connectivity index (χ3n) is 13.9. The highest BCUT2D eigenvalue weighted by Gasteiger charge is 2.38. The number of nitrogens with zero attached hydrogens (tertiary/aromatic N) is 1. The van der Waals surface area contributed by atoms with E-state index in [9.17, 15) is 0 Å². The van der Waals surface area contributed by atoms with Crippen LogP contribution in [0.5, 0.6) is 0 Å². The first-order valence-electron chi connectivity index (χ1n) is 21.8. The number of fused-ring (bicyclic) bond motifs is 9. The van der Waals surface area contributed by atoms with E-state index in [2.05, 4.69) is 233 Å². The van der Waals surface area contributed by atoms with Crippen LogP contribution in [0.2, 0.25) is 0 Å². The Balaban J connectivity index is 1.07. The van der Waals surface area contributed by atoms with Crippen molar-refractivity contribution in [2.24, 2.45) is 0 Å². The summed E-state index contributed by atoms with van der Waals surface area (Å²) in [6.07, 6.45) is 0. The molecule has 0 radical (unpaired) electrons. The number of para-hydroxylation sites is 2. The van der Waals surface area contributed by atoms with Crippen LogP contribution >= 0.6 is 11.3 Å². The number of anilines is 3. The molecular formula is C60H45NS. The number of rotatable bonds is 6. The van der Waals surface area contributed by atoms with E-state index in [0.29, 0.717) is 0 Å². The van der Waals surface area contributed by atoms with Crippen molar-refractivity contribution < 1.29 is 0 Å². The minimum Gasteiger partial charge on any atom is -0.309 e. The number of hydrogen-bond donors (Lipinski definition) is 0. The maximum Gasteiger partial charge on any atom is 0.0540 e. The van der Waals surface area contributed by atoms with Crippen LogP contribution in [-0.4, -0.2) is 0 Å². The molecule has 1 aromatic heterocycles. The lowest BCUT2D eigenvalue weighted by atomic mass is 9.78. The highest BCUT2D eigenvalue weighted by Crippen LogP contribution is 2.55. The largest absolute Gasteiger partial charge is 0.309 e. The normalized spacial score (nSPS) is 14.1. The Labute approximate surface area is 368 Å². The topological polar surface area (TPSA) is 3.24 Å². The first-order chi connectivity index (χ1) is 30.3. The summed E-state index contributed by atoms with van der Waals surface area (Å²) in [5.74, 6) is 0. The molecule has 0 N–H and O–H groups in total. The highest BCUT2D eigenvalue weighted by molar-refractivity contribution is 7.25. The molecule has 0 saturated heterocycles. The van der Waals surface area contributed by atoms with Crippen LogP contribution in [0.25, 0.3) is 75.8 Å². The van der Waals surface area contributed by atoms with Gasteiger partial charge in [-0.15, -0.1) is 11.3 Å². The Hall–Kier alpha value is -7.00. The van der Waals surface area contributed by atoms with Gasteiger partial charge in [-0.25, -0.2) is 0 Å². The minimum atomic E-state index is -0.165. The summed E-state index contributed by atoms with van der Waals surface area (Å²) in [4.78, 5) is 2.51. The number of thiophene rings is 1. The second-order valence-corrected chi connectivity index (χ2v) is 19.1. The molecule has 62 heavy (non-hydrogen) atoms. The Kier molecular flexibility index (Phi) is 8.17. The molecule has 0 saturated carbocycles. The standard InChI is InChI=1S/C60H45NS/c1-59(2)50-25-10-5-18-43(50)45-36-33-39(37-52(45)59)41-17-7-12-27-53(41)61(40-34-31-38(32-35-40)42-22-16-30-56-57(42)49-21-9-14-29-55(49)62-56)54-28-13-8-20-46(54)48-24-15-23-47-44-19-6-11-26-51(44)60(3,4)58(47)48/h5-37H,1-4H3. The van der Waals surface area contributed by atoms with Crippen molar-refractivity contribution in [1.82, 2.24) is 0 Å². The van der Waals surface area contributed by atoms with Crippen LogP contribution in [0.1, 0.15) is 49.9 Å². The van der Waals surface area contributed by atoms with E-state index in [1.54, 1.807) is 0 Å². The second kappa shape index (κ2) is 13.8. The van der Waals surface area contributed by atoms with Crippen LogP contribution in [0.4, 0.5) is 17.1 Å². The quantitative estimate of drug-likeness (QED) is 0.162. The Morgan fingerprint density at radius 1 is 0.355 bits per heavy atom. The summed E-state index contributed by atoms with van der Waals surface area (Å²) in [6, 6.07) is 74.8. The molecule has 12 rings (SSSR count). The van der Waals surface area contributed by atoms with Gasteiger partial charge in [0.1, 0.15) is 0 Å². The molecule has 2 aliphatic carbocycles. The van der Waals surface area contributed by atoms with Gasteiger partial charge in [0, 0.05) is 47.8 Å². The van der Waals surface area contributed by atoms with Gasteiger partial charge in [0.2, 0.25) is 0 Å². The van der Waals surface area contributed by atoms with E-state index >= 15 is 0 Å². The average molecular weight is 812 g/mol. The van der Waals surface area contributed by atoms with E-state index in [-0.39, 0.29) is 10.8 Å². The lowest BCUT2D eigenvalue weighted by molar-refractivity contribution is 0.660. The molecule has 0 bridgehead atoms. The Morgan fingerprint density at radius 2 is 0.855 bits per heavy atom. The average Bonchev–Trinajstić information content (AvgIpc) is 3.89. The van der Waals surface area contributed by atoms with Crippen LogP contribution < -0.4 is 4.90 Å². The molecule has 0 aliphatic heterocycles. The molecule has 1 nitrogen and oxygen atoms in total. The van der Waals surface area contributed by atoms with Crippen LogP contribution in [0.15, 0.2) is 200 Å². The zero-order valence-corrected chi connectivity index (χ0v) is 36.2.